The lowest BCUT2D eigenvalue weighted by Gasteiger charge is -2.14. The third-order valence-corrected chi connectivity index (χ3v) is 3.22. The number of nitrogens with one attached hydrogen (secondary N) is 2. The summed E-state index contributed by atoms with van der Waals surface area (Å²) in [6.07, 6.45) is 0. The predicted molar refractivity (Wildman–Crippen MR) is 74.6 cm³/mol. The zero-order valence-electron chi connectivity index (χ0n) is 11.7. The third-order valence-electron chi connectivity index (χ3n) is 3.22. The number of imide groups is 1. The summed E-state index contributed by atoms with van der Waals surface area (Å²) in [5, 5.41) is 5.72. The van der Waals surface area contributed by atoms with E-state index in [0.29, 0.717) is 23.4 Å². The van der Waals surface area contributed by atoms with E-state index in [1.54, 1.807) is 25.1 Å². The Morgan fingerprint density at radius 2 is 1.90 bits per heavy atom. The highest BCUT2D eigenvalue weighted by molar-refractivity contribution is 6.21. The fraction of sp³-hybridized carbons (Fsp3) is 0.357. The molecule has 1 aromatic rings. The molecule has 0 fully saturated rings. The second-order valence-electron chi connectivity index (χ2n) is 4.69. The van der Waals surface area contributed by atoms with Gasteiger partial charge in [-0.2, -0.15) is 0 Å². The average Bonchev–Trinajstić information content (AvgIpc) is 2.64. The quantitative estimate of drug-likeness (QED) is 0.798. The zero-order valence-corrected chi connectivity index (χ0v) is 11.7. The summed E-state index contributed by atoms with van der Waals surface area (Å²) in [7, 11) is 1.45. The monoisotopic (exact) mass is 275 g/mol. The van der Waals surface area contributed by atoms with Gasteiger partial charge in [-0.05, 0) is 32.0 Å². The topological polar surface area (TPSA) is 78.5 Å². The first-order chi connectivity index (χ1) is 9.45. The highest BCUT2D eigenvalue weighted by Crippen LogP contribution is 2.24. The lowest BCUT2D eigenvalue weighted by molar-refractivity contribution is -0.121. The maximum absolute atomic E-state index is 11.9. The van der Waals surface area contributed by atoms with Crippen LogP contribution in [0.1, 0.15) is 34.6 Å². The molecule has 1 aliphatic heterocycles. The van der Waals surface area contributed by atoms with E-state index in [9.17, 15) is 14.4 Å². The molecule has 6 heteroatoms. The van der Waals surface area contributed by atoms with Crippen molar-refractivity contribution in [3.05, 3.63) is 29.3 Å². The fourth-order valence-corrected chi connectivity index (χ4v) is 2.09. The van der Waals surface area contributed by atoms with E-state index in [0.717, 1.165) is 4.90 Å². The van der Waals surface area contributed by atoms with Crippen molar-refractivity contribution in [2.45, 2.75) is 19.9 Å². The largest absolute Gasteiger partial charge is 0.374 e. The fourth-order valence-electron chi connectivity index (χ4n) is 2.09. The minimum Gasteiger partial charge on any atom is -0.374 e. The van der Waals surface area contributed by atoms with Crippen molar-refractivity contribution in [1.82, 2.24) is 10.2 Å². The Morgan fingerprint density at radius 1 is 1.25 bits per heavy atom. The van der Waals surface area contributed by atoms with Crippen LogP contribution in [0.3, 0.4) is 0 Å². The van der Waals surface area contributed by atoms with E-state index >= 15 is 0 Å². The van der Waals surface area contributed by atoms with Gasteiger partial charge in [-0.25, -0.2) is 0 Å². The molecule has 1 atom stereocenters. The second-order valence-corrected chi connectivity index (χ2v) is 4.69. The van der Waals surface area contributed by atoms with Gasteiger partial charge in [0.15, 0.2) is 0 Å². The van der Waals surface area contributed by atoms with Crippen molar-refractivity contribution in [3.8, 4) is 0 Å². The predicted octanol–water partition coefficient (Wildman–Crippen LogP) is 0.849. The molecule has 1 heterocycles. The smallest absolute Gasteiger partial charge is 0.261 e. The Labute approximate surface area is 117 Å². The highest BCUT2D eigenvalue weighted by atomic mass is 16.2. The first-order valence-corrected chi connectivity index (χ1v) is 6.46. The minimum atomic E-state index is -0.419. The van der Waals surface area contributed by atoms with Crippen molar-refractivity contribution in [2.75, 3.05) is 18.9 Å². The molecular weight excluding hydrogens is 258 g/mol. The van der Waals surface area contributed by atoms with Crippen LogP contribution in [-0.4, -0.2) is 42.3 Å². The molecule has 0 aliphatic carbocycles. The highest BCUT2D eigenvalue weighted by Gasteiger charge is 2.32. The van der Waals surface area contributed by atoms with Crippen LogP contribution in [0.15, 0.2) is 18.2 Å². The molecule has 0 saturated heterocycles. The molecule has 0 radical (unpaired) electrons. The van der Waals surface area contributed by atoms with Gasteiger partial charge in [-0.15, -0.1) is 0 Å². The Kier molecular flexibility index (Phi) is 3.74. The summed E-state index contributed by atoms with van der Waals surface area (Å²) >= 11 is 0. The molecule has 0 bridgehead atoms. The van der Waals surface area contributed by atoms with Gasteiger partial charge < -0.3 is 10.6 Å². The summed E-state index contributed by atoms with van der Waals surface area (Å²) in [6, 6.07) is 4.48. The number of carbonyl (C=O) groups is 3. The average molecular weight is 275 g/mol. The van der Waals surface area contributed by atoms with Crippen LogP contribution in [-0.2, 0) is 4.79 Å². The van der Waals surface area contributed by atoms with Crippen LogP contribution in [0.2, 0.25) is 0 Å². The van der Waals surface area contributed by atoms with Crippen molar-refractivity contribution in [3.63, 3.8) is 0 Å². The zero-order chi connectivity index (χ0) is 14.9. The van der Waals surface area contributed by atoms with Gasteiger partial charge in [0.05, 0.1) is 11.1 Å². The van der Waals surface area contributed by atoms with Crippen LogP contribution in [0.5, 0.6) is 0 Å². The van der Waals surface area contributed by atoms with E-state index in [4.69, 9.17) is 0 Å². The van der Waals surface area contributed by atoms with Crippen molar-refractivity contribution >= 4 is 23.4 Å². The number of carbonyl (C=O) groups excluding carboxylic acids is 3. The molecule has 1 aliphatic rings. The molecule has 0 saturated carbocycles. The van der Waals surface area contributed by atoms with E-state index in [1.165, 1.54) is 7.05 Å². The molecule has 6 nitrogen and oxygen atoms in total. The summed E-state index contributed by atoms with van der Waals surface area (Å²) in [4.78, 5) is 36.4. The number of benzene rings is 1. The maximum Gasteiger partial charge on any atom is 0.261 e. The summed E-state index contributed by atoms with van der Waals surface area (Å²) < 4.78 is 0. The number of nitrogens with zero attached hydrogens (tertiary/aromatic N) is 1. The molecule has 106 valence electrons. The van der Waals surface area contributed by atoms with Gasteiger partial charge in [0, 0.05) is 19.3 Å². The van der Waals surface area contributed by atoms with E-state index in [-0.39, 0.29) is 17.7 Å². The van der Waals surface area contributed by atoms with Gasteiger partial charge in [0.2, 0.25) is 5.91 Å². The molecule has 2 N–H and O–H groups in total. The van der Waals surface area contributed by atoms with Crippen LogP contribution in [0, 0.1) is 0 Å². The van der Waals surface area contributed by atoms with Gasteiger partial charge >= 0.3 is 0 Å². The molecule has 2 rings (SSSR count). The van der Waals surface area contributed by atoms with E-state index in [2.05, 4.69) is 10.6 Å². The first kappa shape index (κ1) is 14.0. The number of likely N-dealkylation sites (N-methyl/N-ethyl adjacent to an activating group) is 1. The number of rotatable bonds is 4. The van der Waals surface area contributed by atoms with Crippen LogP contribution < -0.4 is 10.6 Å². The Bertz CT molecular complexity index is 583. The molecule has 0 aromatic heterocycles. The van der Waals surface area contributed by atoms with E-state index in [1.807, 2.05) is 6.92 Å². The number of hydrogen-bond acceptors (Lipinski definition) is 4. The van der Waals surface area contributed by atoms with Crippen molar-refractivity contribution < 1.29 is 14.4 Å². The van der Waals surface area contributed by atoms with Crippen molar-refractivity contribution in [1.29, 1.82) is 0 Å². The summed E-state index contributed by atoms with van der Waals surface area (Å²) in [6.45, 7) is 4.14. The Balaban J connectivity index is 2.19. The summed E-state index contributed by atoms with van der Waals surface area (Å²) in [5.74, 6) is -0.736. The first-order valence-electron chi connectivity index (χ1n) is 6.46. The maximum atomic E-state index is 11.9. The molecule has 0 spiro atoms. The van der Waals surface area contributed by atoms with Gasteiger partial charge in [0.1, 0.15) is 6.04 Å². The number of amides is 3. The van der Waals surface area contributed by atoms with Gasteiger partial charge in [-0.1, -0.05) is 0 Å². The Hall–Kier alpha value is -2.37. The molecule has 3 amide bonds. The molecule has 1 aromatic carbocycles. The normalized spacial score (nSPS) is 15.1. The molecular formula is C14H17N3O3. The SMILES string of the molecule is CCNC(=O)C(C)Nc1ccc2c(c1)C(=O)N(C)C2=O. The standard InChI is InChI=1S/C14H17N3O3/c1-4-15-12(18)8(2)16-9-5-6-10-11(7-9)14(20)17(3)13(10)19/h5-8,16H,4H2,1-3H3,(H,15,18). The van der Waals surface area contributed by atoms with Crippen molar-refractivity contribution in [2.24, 2.45) is 0 Å². The minimum absolute atomic E-state index is 0.118. The molecule has 1 unspecified atom stereocenters. The molecule has 20 heavy (non-hydrogen) atoms. The third kappa shape index (κ3) is 2.36. The van der Waals surface area contributed by atoms with Gasteiger partial charge in [-0.3, -0.25) is 19.3 Å². The number of fused-ring (bicyclic) bond motifs is 1. The van der Waals surface area contributed by atoms with Crippen LogP contribution in [0.25, 0.3) is 0 Å². The lowest BCUT2D eigenvalue weighted by atomic mass is 10.1. The van der Waals surface area contributed by atoms with E-state index < -0.39 is 6.04 Å². The number of hydrogen-bond donors (Lipinski definition) is 2. The van der Waals surface area contributed by atoms with Gasteiger partial charge in [0.25, 0.3) is 11.8 Å². The van der Waals surface area contributed by atoms with Crippen LogP contribution >= 0.6 is 0 Å². The Morgan fingerprint density at radius 3 is 2.55 bits per heavy atom. The van der Waals surface area contributed by atoms with Crippen LogP contribution in [0.4, 0.5) is 5.69 Å². The lowest BCUT2D eigenvalue weighted by Crippen LogP contribution is -2.37. The summed E-state index contributed by atoms with van der Waals surface area (Å²) in [5.41, 5.74) is 1.40. The second kappa shape index (κ2) is 5.32. The number of anilines is 1.